The van der Waals surface area contributed by atoms with Crippen LogP contribution in [0.25, 0.3) is 0 Å². The molecule has 30 heavy (non-hydrogen) atoms. The zero-order chi connectivity index (χ0) is 21.6. The molecule has 0 unspecified atom stereocenters. The number of rotatable bonds is 8. The molecule has 2 heterocycles. The van der Waals surface area contributed by atoms with Crippen LogP contribution in [-0.2, 0) is 21.4 Å². The Morgan fingerprint density at radius 3 is 2.63 bits per heavy atom. The number of pyridine rings is 1. The second kappa shape index (κ2) is 10.0. The quantitative estimate of drug-likeness (QED) is 0.694. The molecule has 0 spiro atoms. The molecule has 3 rings (SSSR count). The highest BCUT2D eigenvalue weighted by Crippen LogP contribution is 2.32. The van der Waals surface area contributed by atoms with E-state index in [0.29, 0.717) is 38.2 Å². The van der Waals surface area contributed by atoms with Crippen LogP contribution in [0.4, 0.5) is 0 Å². The first kappa shape index (κ1) is 22.2. The van der Waals surface area contributed by atoms with Crippen LogP contribution < -0.4 is 10.1 Å². The van der Waals surface area contributed by atoms with Gasteiger partial charge >= 0.3 is 0 Å². The van der Waals surface area contributed by atoms with E-state index in [2.05, 4.69) is 17.2 Å². The second-order valence-electron chi connectivity index (χ2n) is 7.60. The molecule has 1 amide bonds. The van der Waals surface area contributed by atoms with Crippen molar-refractivity contribution in [3.05, 3.63) is 54.4 Å². The molecule has 1 fully saturated rings. The molecule has 2 aromatic rings. The van der Waals surface area contributed by atoms with E-state index in [1.165, 1.54) is 0 Å². The number of methoxy groups -OCH3 is 1. The molecule has 0 bridgehead atoms. The Balaban J connectivity index is 1.59. The summed E-state index contributed by atoms with van der Waals surface area (Å²) in [6.45, 7) is 3.36. The summed E-state index contributed by atoms with van der Waals surface area (Å²) < 4.78 is 32.7. The van der Waals surface area contributed by atoms with Crippen LogP contribution in [0.2, 0.25) is 0 Å². The minimum atomic E-state index is -3.56. The lowest BCUT2D eigenvalue weighted by Gasteiger charge is -2.37. The molecule has 0 saturated carbocycles. The van der Waals surface area contributed by atoms with E-state index in [1.54, 1.807) is 48.1 Å². The number of hydrogen-bond acceptors (Lipinski definition) is 5. The van der Waals surface area contributed by atoms with Crippen molar-refractivity contribution in [1.29, 1.82) is 0 Å². The lowest BCUT2D eigenvalue weighted by molar-refractivity contribution is -0.122. The molecule has 162 valence electrons. The zero-order valence-electron chi connectivity index (χ0n) is 17.5. The molecule has 1 aromatic heterocycles. The summed E-state index contributed by atoms with van der Waals surface area (Å²) in [5, 5.41) is 2.95. The average molecular weight is 432 g/mol. The lowest BCUT2D eigenvalue weighted by atomic mass is 9.82. The van der Waals surface area contributed by atoms with Crippen LogP contribution in [0.15, 0.2) is 53.7 Å². The number of aromatic nitrogens is 1. The van der Waals surface area contributed by atoms with Crippen molar-refractivity contribution in [3.8, 4) is 5.75 Å². The summed E-state index contributed by atoms with van der Waals surface area (Å²) in [6.07, 6.45) is 5.35. The predicted octanol–water partition coefficient (Wildman–Crippen LogP) is 2.83. The number of ether oxygens (including phenoxy) is 1. The summed E-state index contributed by atoms with van der Waals surface area (Å²) >= 11 is 0. The standard InChI is InChI=1S/C22H29N3O4S/c1-3-18-16-25(30(27,28)21-8-6-20(29-2)7-9-21)12-10-19(18)13-22(26)24-15-17-5-4-11-23-14-17/h4-9,11,14,18-19H,3,10,12-13,15-16H2,1-2H3,(H,24,26)/t18-,19+/m1/s1. The van der Waals surface area contributed by atoms with E-state index < -0.39 is 10.0 Å². The van der Waals surface area contributed by atoms with Crippen LogP contribution >= 0.6 is 0 Å². The average Bonchev–Trinajstić information content (AvgIpc) is 2.78. The number of nitrogens with one attached hydrogen (secondary N) is 1. The Hall–Kier alpha value is -2.45. The number of benzene rings is 1. The monoisotopic (exact) mass is 431 g/mol. The van der Waals surface area contributed by atoms with Crippen molar-refractivity contribution >= 4 is 15.9 Å². The molecule has 2 atom stereocenters. The van der Waals surface area contributed by atoms with Gasteiger partial charge in [-0.05, 0) is 54.2 Å². The Morgan fingerprint density at radius 2 is 2.00 bits per heavy atom. The van der Waals surface area contributed by atoms with Crippen molar-refractivity contribution in [3.63, 3.8) is 0 Å². The van der Waals surface area contributed by atoms with Crippen molar-refractivity contribution in [1.82, 2.24) is 14.6 Å². The molecule has 1 N–H and O–H groups in total. The van der Waals surface area contributed by atoms with Gasteiger partial charge in [0, 0.05) is 38.4 Å². The van der Waals surface area contributed by atoms with Gasteiger partial charge in [-0.2, -0.15) is 4.31 Å². The maximum Gasteiger partial charge on any atom is 0.243 e. The van der Waals surface area contributed by atoms with Gasteiger partial charge in [0.1, 0.15) is 5.75 Å². The van der Waals surface area contributed by atoms with E-state index in [9.17, 15) is 13.2 Å². The van der Waals surface area contributed by atoms with Gasteiger partial charge in [-0.1, -0.05) is 19.4 Å². The summed E-state index contributed by atoms with van der Waals surface area (Å²) in [5.41, 5.74) is 0.957. The maximum absolute atomic E-state index is 13.0. The number of amides is 1. The summed E-state index contributed by atoms with van der Waals surface area (Å²) in [7, 11) is -2.01. The number of nitrogens with zero attached hydrogens (tertiary/aromatic N) is 2. The predicted molar refractivity (Wildman–Crippen MR) is 114 cm³/mol. The number of sulfonamides is 1. The van der Waals surface area contributed by atoms with Gasteiger partial charge < -0.3 is 10.1 Å². The molecule has 1 aromatic carbocycles. The fraction of sp³-hybridized carbons (Fsp3) is 0.455. The third-order valence-corrected chi connectivity index (χ3v) is 7.62. The largest absolute Gasteiger partial charge is 0.497 e. The smallest absolute Gasteiger partial charge is 0.243 e. The van der Waals surface area contributed by atoms with Gasteiger partial charge in [-0.3, -0.25) is 9.78 Å². The van der Waals surface area contributed by atoms with Gasteiger partial charge in [0.2, 0.25) is 15.9 Å². The Kier molecular flexibility index (Phi) is 7.44. The second-order valence-corrected chi connectivity index (χ2v) is 9.54. The molecule has 1 saturated heterocycles. The van der Waals surface area contributed by atoms with Gasteiger partial charge in [-0.15, -0.1) is 0 Å². The Bertz CT molecular complexity index is 933. The first-order chi connectivity index (χ1) is 14.4. The Morgan fingerprint density at radius 1 is 1.23 bits per heavy atom. The third-order valence-electron chi connectivity index (χ3n) is 5.74. The number of piperidine rings is 1. The molecular weight excluding hydrogens is 402 g/mol. The molecule has 1 aliphatic heterocycles. The van der Waals surface area contributed by atoms with Crippen molar-refractivity contribution in [2.45, 2.75) is 37.6 Å². The minimum absolute atomic E-state index is 0.00577. The van der Waals surface area contributed by atoms with Gasteiger partial charge in [0.05, 0.1) is 12.0 Å². The molecule has 7 nitrogen and oxygen atoms in total. The van der Waals surface area contributed by atoms with Crippen LogP contribution in [0.1, 0.15) is 31.7 Å². The minimum Gasteiger partial charge on any atom is -0.497 e. The number of carbonyl (C=O) groups excluding carboxylic acids is 1. The highest BCUT2D eigenvalue weighted by atomic mass is 32.2. The van der Waals surface area contributed by atoms with Crippen molar-refractivity contribution in [2.24, 2.45) is 11.8 Å². The first-order valence-corrected chi connectivity index (χ1v) is 11.7. The molecule has 0 radical (unpaired) electrons. The van der Waals surface area contributed by atoms with E-state index in [4.69, 9.17) is 4.74 Å². The van der Waals surface area contributed by atoms with Gasteiger partial charge in [0.15, 0.2) is 0 Å². The van der Waals surface area contributed by atoms with Crippen molar-refractivity contribution < 1.29 is 17.9 Å². The van der Waals surface area contributed by atoms with E-state index in [0.717, 1.165) is 12.0 Å². The Labute approximate surface area is 178 Å². The van der Waals surface area contributed by atoms with Crippen LogP contribution in [0.3, 0.4) is 0 Å². The number of carbonyl (C=O) groups is 1. The number of hydrogen-bond donors (Lipinski definition) is 1. The fourth-order valence-corrected chi connectivity index (χ4v) is 5.42. The summed E-state index contributed by atoms with van der Waals surface area (Å²) in [4.78, 5) is 16.7. The maximum atomic E-state index is 13.0. The van der Waals surface area contributed by atoms with Crippen LogP contribution in [-0.4, -0.2) is 43.8 Å². The molecule has 1 aliphatic rings. The SMILES string of the molecule is CC[C@@H]1CN(S(=O)(=O)c2ccc(OC)cc2)CC[C@H]1CC(=O)NCc1cccnc1. The molecule has 0 aliphatic carbocycles. The molecule has 8 heteroatoms. The lowest BCUT2D eigenvalue weighted by Crippen LogP contribution is -2.44. The summed E-state index contributed by atoms with van der Waals surface area (Å²) in [6, 6.07) is 10.2. The summed E-state index contributed by atoms with van der Waals surface area (Å²) in [5.74, 6) is 0.937. The zero-order valence-corrected chi connectivity index (χ0v) is 18.3. The van der Waals surface area contributed by atoms with Gasteiger partial charge in [0.25, 0.3) is 0 Å². The first-order valence-electron chi connectivity index (χ1n) is 10.2. The topological polar surface area (TPSA) is 88.6 Å². The van der Waals surface area contributed by atoms with E-state index in [1.807, 2.05) is 12.1 Å². The van der Waals surface area contributed by atoms with E-state index in [-0.39, 0.29) is 22.6 Å². The molecular formula is C22H29N3O4S. The van der Waals surface area contributed by atoms with Crippen LogP contribution in [0.5, 0.6) is 5.75 Å². The highest BCUT2D eigenvalue weighted by molar-refractivity contribution is 7.89. The van der Waals surface area contributed by atoms with Crippen molar-refractivity contribution in [2.75, 3.05) is 20.2 Å². The van der Waals surface area contributed by atoms with Gasteiger partial charge in [-0.25, -0.2) is 8.42 Å². The van der Waals surface area contributed by atoms with Crippen LogP contribution in [0, 0.1) is 11.8 Å². The third kappa shape index (κ3) is 5.37. The highest BCUT2D eigenvalue weighted by Gasteiger charge is 2.35. The normalized spacial score (nSPS) is 19.9. The fourth-order valence-electron chi connectivity index (χ4n) is 3.91. The van der Waals surface area contributed by atoms with E-state index >= 15 is 0 Å².